The fraction of sp³-hybridized carbons (Fsp3) is 0.238. The van der Waals surface area contributed by atoms with Crippen molar-refractivity contribution in [2.24, 2.45) is 17.8 Å². The van der Waals surface area contributed by atoms with Crippen LogP contribution in [0.4, 0.5) is 5.69 Å². The van der Waals surface area contributed by atoms with Crippen molar-refractivity contribution >= 4 is 29.4 Å². The molecule has 1 aromatic carbocycles. The lowest BCUT2D eigenvalue weighted by Crippen LogP contribution is -2.47. The molecule has 1 fully saturated rings. The molecule has 1 saturated heterocycles. The van der Waals surface area contributed by atoms with E-state index in [1.807, 2.05) is 0 Å². The number of benzene rings is 1. The second kappa shape index (κ2) is 5.51. The number of anilines is 1. The number of hydrogen-bond acceptors (Lipinski definition) is 6. The second-order valence-electron chi connectivity index (χ2n) is 7.11. The van der Waals surface area contributed by atoms with E-state index in [2.05, 4.69) is 0 Å². The van der Waals surface area contributed by atoms with Crippen molar-refractivity contribution in [2.45, 2.75) is 5.60 Å². The van der Waals surface area contributed by atoms with E-state index < -0.39 is 35.3 Å². The number of carbonyl (C=O) groups is 4. The maximum absolute atomic E-state index is 13.4. The molecule has 4 unspecified atom stereocenters. The Labute approximate surface area is 159 Å². The van der Waals surface area contributed by atoms with Crippen LogP contribution < -0.4 is 4.90 Å². The van der Waals surface area contributed by atoms with E-state index in [1.54, 1.807) is 54.6 Å². The highest BCUT2D eigenvalue weighted by Crippen LogP contribution is 2.55. The summed E-state index contributed by atoms with van der Waals surface area (Å²) in [5.74, 6) is -4.46. The van der Waals surface area contributed by atoms with Gasteiger partial charge in [-0.3, -0.25) is 9.59 Å². The molecule has 6 rings (SSSR count). The standard InChI is InChI=1S/C21H15NO6/c1-27-19(25)15-13-8-7-11-9-10-21(13,28-20(15)26)16-14(11)17(23)22(18(16)24)12-5-3-2-4-6-12/h2-11,14,16H,1H3. The first-order valence-corrected chi connectivity index (χ1v) is 8.86. The summed E-state index contributed by atoms with van der Waals surface area (Å²) in [6, 6.07) is 8.64. The van der Waals surface area contributed by atoms with E-state index in [1.165, 1.54) is 7.11 Å². The van der Waals surface area contributed by atoms with Gasteiger partial charge in [0.05, 0.1) is 24.6 Å². The molecule has 140 valence electrons. The fourth-order valence-corrected chi connectivity index (χ4v) is 4.66. The molecular formula is C21H15NO6. The Bertz CT molecular complexity index is 1040. The zero-order valence-electron chi connectivity index (χ0n) is 14.8. The number of hydrogen-bond donors (Lipinski definition) is 0. The maximum Gasteiger partial charge on any atom is 0.347 e. The van der Waals surface area contributed by atoms with Gasteiger partial charge in [0.1, 0.15) is 0 Å². The van der Waals surface area contributed by atoms with Crippen molar-refractivity contribution in [1.82, 2.24) is 0 Å². The molecule has 5 aliphatic rings. The van der Waals surface area contributed by atoms with E-state index in [9.17, 15) is 19.2 Å². The number of nitrogens with zero attached hydrogens (tertiary/aromatic N) is 1. The van der Waals surface area contributed by atoms with Crippen LogP contribution >= 0.6 is 0 Å². The van der Waals surface area contributed by atoms with Gasteiger partial charge in [-0.1, -0.05) is 36.4 Å². The number of ether oxygens (including phenoxy) is 2. The predicted molar refractivity (Wildman–Crippen MR) is 95.6 cm³/mol. The van der Waals surface area contributed by atoms with Crippen molar-refractivity contribution in [3.63, 3.8) is 0 Å². The molecule has 28 heavy (non-hydrogen) atoms. The van der Waals surface area contributed by atoms with Crippen molar-refractivity contribution < 1.29 is 28.7 Å². The third-order valence-electron chi connectivity index (χ3n) is 5.84. The minimum absolute atomic E-state index is 0.233. The molecule has 0 radical (unpaired) electrons. The highest BCUT2D eigenvalue weighted by Gasteiger charge is 2.67. The molecule has 2 amide bonds. The number of carbonyl (C=O) groups excluding carboxylic acids is 4. The number of rotatable bonds is 2. The molecule has 2 heterocycles. The first kappa shape index (κ1) is 16.7. The third kappa shape index (κ3) is 1.88. The molecule has 1 spiro atoms. The summed E-state index contributed by atoms with van der Waals surface area (Å²) in [5.41, 5.74) is -0.978. The summed E-state index contributed by atoms with van der Waals surface area (Å²) in [7, 11) is 1.17. The molecule has 2 aliphatic heterocycles. The van der Waals surface area contributed by atoms with Crippen LogP contribution in [0.25, 0.3) is 0 Å². The lowest BCUT2D eigenvalue weighted by molar-refractivity contribution is -0.153. The Morgan fingerprint density at radius 3 is 2.57 bits per heavy atom. The van der Waals surface area contributed by atoms with E-state index in [0.717, 1.165) is 4.90 Å². The lowest BCUT2D eigenvalue weighted by Gasteiger charge is -2.36. The Kier molecular flexibility index (Phi) is 3.28. The Hall–Kier alpha value is -3.48. The summed E-state index contributed by atoms with van der Waals surface area (Å²) < 4.78 is 10.4. The highest BCUT2D eigenvalue weighted by atomic mass is 16.6. The van der Waals surface area contributed by atoms with Crippen LogP contribution in [0.1, 0.15) is 0 Å². The Morgan fingerprint density at radius 2 is 1.86 bits per heavy atom. The molecule has 0 N–H and O–H groups in total. The monoisotopic (exact) mass is 377 g/mol. The molecule has 7 nitrogen and oxygen atoms in total. The minimum atomic E-state index is -1.48. The van der Waals surface area contributed by atoms with Crippen LogP contribution in [0.2, 0.25) is 0 Å². The summed E-state index contributed by atoms with van der Waals surface area (Å²) >= 11 is 0. The van der Waals surface area contributed by atoms with Gasteiger partial charge in [0.15, 0.2) is 11.2 Å². The van der Waals surface area contributed by atoms with Crippen LogP contribution in [0.5, 0.6) is 0 Å². The van der Waals surface area contributed by atoms with Crippen LogP contribution in [-0.2, 0) is 28.7 Å². The van der Waals surface area contributed by atoms with Gasteiger partial charge < -0.3 is 9.47 Å². The van der Waals surface area contributed by atoms with Gasteiger partial charge in [-0.2, -0.15) is 0 Å². The van der Waals surface area contributed by atoms with Crippen molar-refractivity contribution in [3.05, 3.63) is 65.8 Å². The van der Waals surface area contributed by atoms with E-state index in [4.69, 9.17) is 9.47 Å². The van der Waals surface area contributed by atoms with Crippen LogP contribution in [0, 0.1) is 17.8 Å². The van der Waals surface area contributed by atoms with E-state index in [0.29, 0.717) is 5.69 Å². The molecule has 0 aromatic heterocycles. The van der Waals surface area contributed by atoms with Crippen molar-refractivity contribution in [1.29, 1.82) is 0 Å². The smallest absolute Gasteiger partial charge is 0.347 e. The lowest BCUT2D eigenvalue weighted by atomic mass is 9.69. The van der Waals surface area contributed by atoms with Gasteiger partial charge in [-0.05, 0) is 18.2 Å². The molecule has 1 aromatic rings. The predicted octanol–water partition coefficient (Wildman–Crippen LogP) is 1.31. The van der Waals surface area contributed by atoms with Gasteiger partial charge >= 0.3 is 11.9 Å². The van der Waals surface area contributed by atoms with Crippen molar-refractivity contribution in [2.75, 3.05) is 12.0 Å². The van der Waals surface area contributed by atoms with Crippen LogP contribution in [-0.4, -0.2) is 36.5 Å². The van der Waals surface area contributed by atoms with E-state index >= 15 is 0 Å². The number of methoxy groups -OCH3 is 1. The third-order valence-corrected chi connectivity index (χ3v) is 5.84. The van der Waals surface area contributed by atoms with Crippen LogP contribution in [0.3, 0.4) is 0 Å². The largest absolute Gasteiger partial charge is 0.465 e. The number of para-hydroxylation sites is 1. The average Bonchev–Trinajstić information content (AvgIpc) is 2.99. The van der Waals surface area contributed by atoms with Crippen molar-refractivity contribution in [3.8, 4) is 0 Å². The zero-order chi connectivity index (χ0) is 19.6. The first-order chi connectivity index (χ1) is 13.5. The maximum atomic E-state index is 13.4. The summed E-state index contributed by atoms with van der Waals surface area (Å²) in [4.78, 5) is 52.5. The SMILES string of the molecule is COC(=O)C1=C2C=CC3C=CC2(OC1=O)C1C(=O)N(c2ccccc2)C(=O)C31. The molecule has 7 heteroatoms. The second-order valence-corrected chi connectivity index (χ2v) is 7.11. The minimum Gasteiger partial charge on any atom is -0.465 e. The quantitative estimate of drug-likeness (QED) is 0.334. The number of amides is 2. The first-order valence-electron chi connectivity index (χ1n) is 8.86. The van der Waals surface area contributed by atoms with Gasteiger partial charge in [0.2, 0.25) is 11.8 Å². The van der Waals surface area contributed by atoms with Gasteiger partial charge in [0, 0.05) is 11.5 Å². The molecular weight excluding hydrogens is 362 g/mol. The highest BCUT2D eigenvalue weighted by molar-refractivity contribution is 6.24. The molecule has 2 bridgehead atoms. The van der Waals surface area contributed by atoms with Gasteiger partial charge in [-0.15, -0.1) is 0 Å². The average molecular weight is 377 g/mol. The molecule has 0 saturated carbocycles. The van der Waals surface area contributed by atoms with E-state index in [-0.39, 0.29) is 23.0 Å². The van der Waals surface area contributed by atoms with Gasteiger partial charge in [0.25, 0.3) is 0 Å². The fourth-order valence-electron chi connectivity index (χ4n) is 4.66. The zero-order valence-corrected chi connectivity index (χ0v) is 14.8. The summed E-state index contributed by atoms with van der Waals surface area (Å²) in [5, 5.41) is 0. The Morgan fingerprint density at radius 1 is 1.11 bits per heavy atom. The molecule has 4 atom stereocenters. The normalized spacial score (nSPS) is 32.4. The molecule has 3 aliphatic carbocycles. The van der Waals surface area contributed by atoms with Gasteiger partial charge in [-0.25, -0.2) is 14.5 Å². The summed E-state index contributed by atoms with van der Waals surface area (Å²) in [6.07, 6.45) is 6.73. The van der Waals surface area contributed by atoms with Crippen LogP contribution in [0.15, 0.2) is 65.8 Å². The topological polar surface area (TPSA) is 90.0 Å². The number of esters is 2. The number of imide groups is 1. The Balaban J connectivity index is 1.70. The number of allylic oxidation sites excluding steroid dienone is 2. The summed E-state index contributed by atoms with van der Waals surface area (Å²) in [6.45, 7) is 0.